The van der Waals surface area contributed by atoms with E-state index in [4.69, 9.17) is 4.74 Å². The number of hydrogen-bond acceptors (Lipinski definition) is 4. The molecule has 2 amide bonds. The largest absolute Gasteiger partial charge is 0.444 e. The van der Waals surface area contributed by atoms with Gasteiger partial charge in [-0.05, 0) is 53.4 Å². The molecule has 0 bridgehead atoms. The van der Waals surface area contributed by atoms with Gasteiger partial charge in [-0.25, -0.2) is 9.48 Å². The zero-order chi connectivity index (χ0) is 17.2. The molecular formula is C16H26N4O3. The van der Waals surface area contributed by atoms with Crippen LogP contribution in [0.2, 0.25) is 0 Å². The summed E-state index contributed by atoms with van der Waals surface area (Å²) >= 11 is 0. The molecule has 0 spiro atoms. The SMILES string of the molecule is Cc1cnn(CC2CC2)c1NC(=O)C(C)NC(=O)OC(C)(C)C. The van der Waals surface area contributed by atoms with Crippen molar-refractivity contribution in [2.24, 2.45) is 5.92 Å². The van der Waals surface area contributed by atoms with Gasteiger partial charge in [0.05, 0.1) is 6.20 Å². The Morgan fingerprint density at radius 1 is 1.43 bits per heavy atom. The second-order valence-electron chi connectivity index (χ2n) is 7.16. The van der Waals surface area contributed by atoms with Crippen molar-refractivity contribution < 1.29 is 14.3 Å². The van der Waals surface area contributed by atoms with Crippen molar-refractivity contribution in [1.29, 1.82) is 0 Å². The number of alkyl carbamates (subject to hydrolysis) is 1. The Balaban J connectivity index is 1.93. The van der Waals surface area contributed by atoms with E-state index < -0.39 is 17.7 Å². The Morgan fingerprint density at radius 3 is 2.65 bits per heavy atom. The predicted molar refractivity (Wildman–Crippen MR) is 87.1 cm³/mol. The molecule has 0 saturated heterocycles. The average Bonchev–Trinajstić information content (AvgIpc) is 3.15. The summed E-state index contributed by atoms with van der Waals surface area (Å²) in [5.74, 6) is 1.05. The van der Waals surface area contributed by atoms with Crippen LogP contribution in [-0.4, -0.2) is 33.4 Å². The highest BCUT2D eigenvalue weighted by molar-refractivity contribution is 5.96. The topological polar surface area (TPSA) is 85.3 Å². The lowest BCUT2D eigenvalue weighted by atomic mass is 10.2. The molecule has 1 aliphatic rings. The highest BCUT2D eigenvalue weighted by Crippen LogP contribution is 2.31. The maximum Gasteiger partial charge on any atom is 0.408 e. The number of carbonyl (C=O) groups is 2. The van der Waals surface area contributed by atoms with Crippen molar-refractivity contribution in [2.75, 3.05) is 5.32 Å². The van der Waals surface area contributed by atoms with Gasteiger partial charge < -0.3 is 15.4 Å². The Morgan fingerprint density at radius 2 is 2.09 bits per heavy atom. The van der Waals surface area contributed by atoms with Crippen LogP contribution < -0.4 is 10.6 Å². The van der Waals surface area contributed by atoms with Crippen molar-refractivity contribution in [1.82, 2.24) is 15.1 Å². The van der Waals surface area contributed by atoms with Crippen LogP contribution >= 0.6 is 0 Å². The van der Waals surface area contributed by atoms with Crippen LogP contribution in [0.4, 0.5) is 10.6 Å². The van der Waals surface area contributed by atoms with Gasteiger partial charge in [0.15, 0.2) is 0 Å². The molecule has 1 aromatic rings. The van der Waals surface area contributed by atoms with Crippen molar-refractivity contribution in [3.05, 3.63) is 11.8 Å². The van der Waals surface area contributed by atoms with Gasteiger partial charge in [-0.1, -0.05) is 0 Å². The molecule has 1 aromatic heterocycles. The third-order valence-corrected chi connectivity index (χ3v) is 3.52. The van der Waals surface area contributed by atoms with Crippen LogP contribution in [0.5, 0.6) is 0 Å². The smallest absolute Gasteiger partial charge is 0.408 e. The molecule has 1 aliphatic carbocycles. The van der Waals surface area contributed by atoms with Gasteiger partial charge >= 0.3 is 6.09 Å². The fraction of sp³-hybridized carbons (Fsp3) is 0.688. The van der Waals surface area contributed by atoms with E-state index in [-0.39, 0.29) is 5.91 Å². The molecule has 0 aromatic carbocycles. The Hall–Kier alpha value is -2.05. The number of rotatable bonds is 5. The van der Waals surface area contributed by atoms with Crippen LogP contribution in [-0.2, 0) is 16.1 Å². The van der Waals surface area contributed by atoms with Crippen molar-refractivity contribution in [3.8, 4) is 0 Å². The van der Waals surface area contributed by atoms with Crippen LogP contribution in [0, 0.1) is 12.8 Å². The number of nitrogens with zero attached hydrogens (tertiary/aromatic N) is 2. The molecule has 1 saturated carbocycles. The minimum atomic E-state index is -0.700. The number of nitrogens with one attached hydrogen (secondary N) is 2. The molecule has 1 fully saturated rings. The first-order valence-corrected chi connectivity index (χ1v) is 7.98. The van der Waals surface area contributed by atoms with Crippen molar-refractivity contribution in [2.45, 2.75) is 65.6 Å². The second kappa shape index (κ2) is 6.60. The lowest BCUT2D eigenvalue weighted by Crippen LogP contribution is -2.44. The monoisotopic (exact) mass is 322 g/mol. The molecule has 7 heteroatoms. The number of aromatic nitrogens is 2. The van der Waals surface area contributed by atoms with Gasteiger partial charge in [0.1, 0.15) is 17.5 Å². The number of ether oxygens (including phenoxy) is 1. The molecule has 2 N–H and O–H groups in total. The summed E-state index contributed by atoms with van der Waals surface area (Å²) in [7, 11) is 0. The molecule has 1 atom stereocenters. The third-order valence-electron chi connectivity index (χ3n) is 3.52. The van der Waals surface area contributed by atoms with Crippen LogP contribution in [0.25, 0.3) is 0 Å². The fourth-order valence-electron chi connectivity index (χ4n) is 2.10. The summed E-state index contributed by atoms with van der Waals surface area (Å²) in [6, 6.07) is -0.700. The van der Waals surface area contributed by atoms with E-state index in [9.17, 15) is 9.59 Å². The fourth-order valence-corrected chi connectivity index (χ4v) is 2.10. The number of anilines is 1. The molecule has 2 rings (SSSR count). The minimum absolute atomic E-state index is 0.295. The van der Waals surface area contributed by atoms with Crippen LogP contribution in [0.15, 0.2) is 6.20 Å². The molecule has 0 aliphatic heterocycles. The maximum absolute atomic E-state index is 12.3. The lowest BCUT2D eigenvalue weighted by molar-refractivity contribution is -0.117. The normalized spacial score (nSPS) is 15.9. The van der Waals surface area contributed by atoms with Crippen LogP contribution in [0.1, 0.15) is 46.1 Å². The Kier molecular flexibility index (Phi) is 4.97. The van der Waals surface area contributed by atoms with E-state index in [1.54, 1.807) is 33.9 Å². The lowest BCUT2D eigenvalue weighted by Gasteiger charge is -2.21. The predicted octanol–water partition coefficient (Wildman–Crippen LogP) is 2.45. The first-order valence-electron chi connectivity index (χ1n) is 7.98. The average molecular weight is 322 g/mol. The van der Waals surface area contributed by atoms with Gasteiger partial charge in [-0.15, -0.1) is 0 Å². The van der Waals surface area contributed by atoms with Crippen LogP contribution in [0.3, 0.4) is 0 Å². The molecular weight excluding hydrogens is 296 g/mol. The van der Waals surface area contributed by atoms with Crippen molar-refractivity contribution >= 4 is 17.8 Å². The standard InChI is InChI=1S/C16H26N4O3/c1-10-8-17-20(9-12-6-7-12)13(10)19-14(21)11(2)18-15(22)23-16(3,4)5/h8,11-12H,6-7,9H2,1-5H3,(H,18,22)(H,19,21). The molecule has 1 unspecified atom stereocenters. The first kappa shape index (κ1) is 17.3. The highest BCUT2D eigenvalue weighted by atomic mass is 16.6. The molecule has 128 valence electrons. The van der Waals surface area contributed by atoms with Gasteiger partial charge in [0, 0.05) is 12.1 Å². The molecule has 1 heterocycles. The molecule has 7 nitrogen and oxygen atoms in total. The zero-order valence-corrected chi connectivity index (χ0v) is 14.5. The number of hydrogen-bond donors (Lipinski definition) is 2. The number of amides is 2. The number of aryl methyl sites for hydroxylation is 1. The van der Waals surface area contributed by atoms with E-state index in [1.165, 1.54) is 12.8 Å². The summed E-state index contributed by atoms with van der Waals surface area (Å²) < 4.78 is 6.98. The quantitative estimate of drug-likeness (QED) is 0.872. The second-order valence-corrected chi connectivity index (χ2v) is 7.16. The van der Waals surface area contributed by atoms with E-state index in [2.05, 4.69) is 15.7 Å². The summed E-state index contributed by atoms with van der Waals surface area (Å²) in [5, 5.41) is 9.70. The van der Waals surface area contributed by atoms with Gasteiger partial charge in [0.25, 0.3) is 0 Å². The number of carbonyl (C=O) groups excluding carboxylic acids is 2. The highest BCUT2D eigenvalue weighted by Gasteiger charge is 2.25. The minimum Gasteiger partial charge on any atom is -0.444 e. The summed E-state index contributed by atoms with van der Waals surface area (Å²) in [5.41, 5.74) is 0.309. The van der Waals surface area contributed by atoms with Gasteiger partial charge in [0.2, 0.25) is 5.91 Å². The van der Waals surface area contributed by atoms with E-state index in [0.717, 1.165) is 12.1 Å². The van der Waals surface area contributed by atoms with E-state index in [0.29, 0.717) is 11.7 Å². The zero-order valence-electron chi connectivity index (χ0n) is 14.5. The molecule has 0 radical (unpaired) electrons. The maximum atomic E-state index is 12.3. The summed E-state index contributed by atoms with van der Waals surface area (Å²) in [6.07, 6.45) is 3.55. The summed E-state index contributed by atoms with van der Waals surface area (Å²) in [4.78, 5) is 24.0. The Bertz CT molecular complexity index is 585. The molecule has 23 heavy (non-hydrogen) atoms. The van der Waals surface area contributed by atoms with Gasteiger partial charge in [-0.3, -0.25) is 4.79 Å². The van der Waals surface area contributed by atoms with E-state index >= 15 is 0 Å². The van der Waals surface area contributed by atoms with Gasteiger partial charge in [-0.2, -0.15) is 5.10 Å². The summed E-state index contributed by atoms with van der Waals surface area (Å²) in [6.45, 7) is 9.66. The Labute approximate surface area is 136 Å². The third kappa shape index (κ3) is 5.26. The van der Waals surface area contributed by atoms with Crippen molar-refractivity contribution in [3.63, 3.8) is 0 Å². The van der Waals surface area contributed by atoms with E-state index in [1.807, 2.05) is 11.6 Å². The first-order chi connectivity index (χ1) is 10.7.